The predicted molar refractivity (Wildman–Crippen MR) is 44.2 cm³/mol. The van der Waals surface area contributed by atoms with Crippen molar-refractivity contribution in [2.45, 2.75) is 35.2 Å². The minimum absolute atomic E-state index is 0.0278. The molecule has 0 spiro atoms. The number of aliphatic hydroxyl groups excluding tert-OH is 2. The highest BCUT2D eigenvalue weighted by Gasteiger charge is 2.62. The predicted octanol–water partition coefficient (Wildman–Crippen LogP) is -1.47. The van der Waals surface area contributed by atoms with Gasteiger partial charge in [0.1, 0.15) is 12.2 Å². The van der Waals surface area contributed by atoms with E-state index in [1.54, 1.807) is 0 Å². The van der Waals surface area contributed by atoms with E-state index in [1.807, 2.05) is 0 Å². The van der Waals surface area contributed by atoms with Crippen molar-refractivity contribution in [2.24, 2.45) is 0 Å². The van der Waals surface area contributed by atoms with E-state index in [-0.39, 0.29) is 6.42 Å². The maximum absolute atomic E-state index is 11.2. The molecule has 74 valence electrons. The number of esters is 1. The van der Waals surface area contributed by atoms with Gasteiger partial charge in [0, 0.05) is 6.42 Å². The smallest absolute Gasteiger partial charge is 0.339 e. The van der Waals surface area contributed by atoms with Crippen molar-refractivity contribution in [1.29, 1.82) is 0 Å². The highest BCUT2D eigenvalue weighted by molar-refractivity contribution is 9.09. The van der Waals surface area contributed by atoms with Crippen molar-refractivity contribution < 1.29 is 24.9 Å². The zero-order valence-electron chi connectivity index (χ0n) is 6.55. The van der Waals surface area contributed by atoms with Crippen molar-refractivity contribution >= 4 is 21.9 Å². The molecular weight excluding hydrogens is 244 g/mol. The fourth-order valence-electron chi connectivity index (χ4n) is 1.76. The highest BCUT2D eigenvalue weighted by Crippen LogP contribution is 2.41. The summed E-state index contributed by atoms with van der Waals surface area (Å²) in [6.07, 6.45) is -3.08. The van der Waals surface area contributed by atoms with E-state index in [0.29, 0.717) is 0 Å². The summed E-state index contributed by atoms with van der Waals surface area (Å²) in [5.41, 5.74) is -1.69. The summed E-state index contributed by atoms with van der Waals surface area (Å²) in [7, 11) is 0. The molecule has 13 heavy (non-hydrogen) atoms. The van der Waals surface area contributed by atoms with Crippen LogP contribution in [0.2, 0.25) is 0 Å². The van der Waals surface area contributed by atoms with E-state index >= 15 is 0 Å². The normalized spacial score (nSPS) is 54.9. The van der Waals surface area contributed by atoms with Crippen LogP contribution in [0.25, 0.3) is 0 Å². The molecule has 5 nitrogen and oxygen atoms in total. The number of rotatable bonds is 0. The molecule has 0 aromatic rings. The van der Waals surface area contributed by atoms with Gasteiger partial charge in [0.15, 0.2) is 5.60 Å². The fraction of sp³-hybridized carbons (Fsp3) is 0.857. The lowest BCUT2D eigenvalue weighted by Gasteiger charge is -2.35. The van der Waals surface area contributed by atoms with Crippen LogP contribution < -0.4 is 0 Å². The monoisotopic (exact) mass is 252 g/mol. The molecule has 1 aliphatic heterocycles. The maximum atomic E-state index is 11.2. The molecule has 0 aromatic heterocycles. The summed E-state index contributed by atoms with van der Waals surface area (Å²) in [5, 5.41) is 28.6. The largest absolute Gasteiger partial charge is 0.457 e. The van der Waals surface area contributed by atoms with Crippen LogP contribution >= 0.6 is 15.9 Å². The van der Waals surface area contributed by atoms with Crippen LogP contribution in [-0.2, 0) is 9.53 Å². The molecule has 6 heteroatoms. The molecule has 1 heterocycles. The number of fused-ring (bicyclic) bond motifs is 2. The molecule has 1 saturated carbocycles. The molecule has 2 fully saturated rings. The molecule has 0 unspecified atom stereocenters. The Labute approximate surface area is 82.4 Å². The Balaban J connectivity index is 2.36. The second-order valence-electron chi connectivity index (χ2n) is 3.46. The summed E-state index contributed by atoms with van der Waals surface area (Å²) in [4.78, 5) is 10.3. The first-order valence-electron chi connectivity index (χ1n) is 3.90. The van der Waals surface area contributed by atoms with Crippen LogP contribution in [0.3, 0.4) is 0 Å². The van der Waals surface area contributed by atoms with Gasteiger partial charge in [0.2, 0.25) is 0 Å². The molecule has 2 aliphatic rings. The van der Waals surface area contributed by atoms with Crippen molar-refractivity contribution in [3.63, 3.8) is 0 Å². The fourth-order valence-corrected chi connectivity index (χ4v) is 2.45. The van der Waals surface area contributed by atoms with E-state index in [2.05, 4.69) is 15.9 Å². The molecule has 2 rings (SSSR count). The van der Waals surface area contributed by atoms with Gasteiger partial charge >= 0.3 is 5.97 Å². The SMILES string of the molecule is O=C1O[C@H]2C[C@@]1(O)[C@H](Br)[C@H](O)[C@@H]2O. The van der Waals surface area contributed by atoms with E-state index in [9.17, 15) is 20.1 Å². The number of alkyl halides is 1. The summed E-state index contributed by atoms with van der Waals surface area (Å²) in [5.74, 6) is -0.782. The number of halogens is 1. The van der Waals surface area contributed by atoms with Gasteiger partial charge in [-0.25, -0.2) is 4.79 Å². The van der Waals surface area contributed by atoms with Gasteiger partial charge in [0.05, 0.1) is 10.9 Å². The summed E-state index contributed by atoms with van der Waals surface area (Å²) < 4.78 is 4.71. The lowest BCUT2D eigenvalue weighted by molar-refractivity contribution is -0.154. The van der Waals surface area contributed by atoms with Crippen LogP contribution in [-0.4, -0.2) is 50.0 Å². The quantitative estimate of drug-likeness (QED) is 0.362. The Morgan fingerprint density at radius 2 is 2.08 bits per heavy atom. The van der Waals surface area contributed by atoms with Crippen molar-refractivity contribution in [3.05, 3.63) is 0 Å². The average molecular weight is 253 g/mol. The van der Waals surface area contributed by atoms with Crippen LogP contribution in [0.15, 0.2) is 0 Å². The molecule has 1 aliphatic carbocycles. The topological polar surface area (TPSA) is 87.0 Å². The number of aliphatic hydroxyl groups is 3. The molecule has 5 atom stereocenters. The number of ether oxygens (including phenoxy) is 1. The van der Waals surface area contributed by atoms with Crippen LogP contribution in [0.4, 0.5) is 0 Å². The van der Waals surface area contributed by atoms with Gasteiger partial charge < -0.3 is 20.1 Å². The third-order valence-corrected chi connectivity index (χ3v) is 3.91. The lowest BCUT2D eigenvalue weighted by Crippen LogP contribution is -2.57. The Bertz CT molecular complexity index is 257. The van der Waals surface area contributed by atoms with Gasteiger partial charge in [-0.05, 0) is 0 Å². The minimum atomic E-state index is -1.69. The minimum Gasteiger partial charge on any atom is -0.457 e. The van der Waals surface area contributed by atoms with Crippen molar-refractivity contribution in [2.75, 3.05) is 0 Å². The third-order valence-electron chi connectivity index (χ3n) is 2.61. The Hall–Kier alpha value is -0.170. The first kappa shape index (κ1) is 9.39. The highest BCUT2D eigenvalue weighted by atomic mass is 79.9. The van der Waals surface area contributed by atoms with Gasteiger partial charge in [-0.15, -0.1) is 0 Å². The summed E-state index contributed by atoms with van der Waals surface area (Å²) >= 11 is 2.98. The third kappa shape index (κ3) is 1.06. The second kappa shape index (κ2) is 2.66. The zero-order chi connectivity index (χ0) is 9.80. The number of hydrogen-bond donors (Lipinski definition) is 3. The van der Waals surface area contributed by atoms with Gasteiger partial charge in [-0.1, -0.05) is 15.9 Å². The lowest BCUT2D eigenvalue weighted by atomic mass is 9.82. The van der Waals surface area contributed by atoms with Gasteiger partial charge in [-0.2, -0.15) is 0 Å². The van der Waals surface area contributed by atoms with E-state index < -0.39 is 34.7 Å². The van der Waals surface area contributed by atoms with Crippen molar-refractivity contribution in [1.82, 2.24) is 0 Å². The van der Waals surface area contributed by atoms with Gasteiger partial charge in [0.25, 0.3) is 0 Å². The van der Waals surface area contributed by atoms with Gasteiger partial charge in [-0.3, -0.25) is 0 Å². The van der Waals surface area contributed by atoms with E-state index in [1.165, 1.54) is 0 Å². The Morgan fingerprint density at radius 1 is 1.46 bits per heavy atom. The average Bonchev–Trinajstić information content (AvgIpc) is 2.37. The van der Waals surface area contributed by atoms with Crippen LogP contribution in [0.1, 0.15) is 6.42 Å². The molecule has 2 bridgehead atoms. The Kier molecular flexibility index (Phi) is 1.92. The standard InChI is InChI=1S/C7H9BrO5/c8-5-4(10)3(9)2-1-7(5,12)6(11)13-2/h2-5,9-10,12H,1H2/t2-,3+,4+,5+,7+/m0/s1. The molecular formula is C7H9BrO5. The summed E-state index contributed by atoms with van der Waals surface area (Å²) in [6, 6.07) is 0. The zero-order valence-corrected chi connectivity index (χ0v) is 8.14. The number of carbonyl (C=O) groups excluding carboxylic acids is 1. The molecule has 3 N–H and O–H groups in total. The first-order chi connectivity index (χ1) is 5.97. The van der Waals surface area contributed by atoms with Crippen LogP contribution in [0.5, 0.6) is 0 Å². The molecule has 0 radical (unpaired) electrons. The maximum Gasteiger partial charge on any atom is 0.339 e. The van der Waals surface area contributed by atoms with E-state index in [4.69, 9.17) is 4.74 Å². The van der Waals surface area contributed by atoms with E-state index in [0.717, 1.165) is 0 Å². The molecule has 1 saturated heterocycles. The Morgan fingerprint density at radius 3 is 2.69 bits per heavy atom. The van der Waals surface area contributed by atoms with Crippen LogP contribution in [0, 0.1) is 0 Å². The first-order valence-corrected chi connectivity index (χ1v) is 4.82. The second-order valence-corrected chi connectivity index (χ2v) is 4.44. The molecule has 0 amide bonds. The number of hydrogen-bond acceptors (Lipinski definition) is 5. The van der Waals surface area contributed by atoms with Crippen molar-refractivity contribution in [3.8, 4) is 0 Å². The summed E-state index contributed by atoms with van der Waals surface area (Å²) in [6.45, 7) is 0. The molecule has 0 aromatic carbocycles. The number of carbonyl (C=O) groups is 1.